The molecule has 1 unspecified atom stereocenters. The summed E-state index contributed by atoms with van der Waals surface area (Å²) in [6, 6.07) is 12.9. The molecule has 1 amide bonds. The second kappa shape index (κ2) is 5.58. The molecule has 1 aliphatic rings. The zero-order chi connectivity index (χ0) is 14.8. The third kappa shape index (κ3) is 2.90. The maximum Gasteiger partial charge on any atom is 0.276 e. The van der Waals surface area contributed by atoms with Gasteiger partial charge >= 0.3 is 0 Å². The van der Waals surface area contributed by atoms with E-state index in [1.54, 1.807) is 30.3 Å². The largest absolute Gasteiger partial charge is 0.276 e. The monoisotopic (exact) mass is 300 g/mol. The molecule has 0 saturated heterocycles. The molecule has 0 N–H and O–H groups in total. The van der Waals surface area contributed by atoms with Crippen molar-refractivity contribution in [1.82, 2.24) is 0 Å². The topological polar surface area (TPSA) is 41.8 Å². The Morgan fingerprint density at radius 3 is 2.29 bits per heavy atom. The number of benzene rings is 2. The molecule has 0 spiro atoms. The van der Waals surface area contributed by atoms with Gasteiger partial charge in [0.15, 0.2) is 0 Å². The van der Waals surface area contributed by atoms with Gasteiger partial charge in [0.25, 0.3) is 5.91 Å². The van der Waals surface area contributed by atoms with Gasteiger partial charge in [0, 0.05) is 10.6 Å². The highest BCUT2D eigenvalue weighted by molar-refractivity contribution is 6.30. The number of carbonyl (C=O) groups is 1. The van der Waals surface area contributed by atoms with Crippen LogP contribution in [0.4, 0.5) is 4.39 Å². The van der Waals surface area contributed by atoms with Gasteiger partial charge in [0.05, 0.1) is 11.6 Å². The molecule has 2 aromatic rings. The lowest BCUT2D eigenvalue weighted by Gasteiger charge is -2.14. The summed E-state index contributed by atoms with van der Waals surface area (Å²) >= 11 is 5.85. The number of halogens is 2. The predicted octanol–water partition coefficient (Wildman–Crippen LogP) is 4.60. The number of hydrogen-bond donors (Lipinski definition) is 0. The molecule has 0 radical (unpaired) electrons. The number of hydrogen-bond acceptors (Lipinski definition) is 2. The molecule has 1 heterocycles. The van der Waals surface area contributed by atoms with Gasteiger partial charge in [-0.1, -0.05) is 35.9 Å². The van der Waals surface area contributed by atoms with Gasteiger partial charge in [-0.3, -0.25) is 4.79 Å². The van der Waals surface area contributed by atoms with Crippen molar-refractivity contribution in [3.05, 3.63) is 76.6 Å². The predicted molar refractivity (Wildman–Crippen MR) is 78.4 cm³/mol. The summed E-state index contributed by atoms with van der Waals surface area (Å²) in [4.78, 5) is 11.9. The van der Waals surface area contributed by atoms with Crippen molar-refractivity contribution in [1.29, 1.82) is 0 Å². The number of nitrogens with zero attached hydrogens (tertiary/aromatic N) is 2. The molecule has 0 aliphatic carbocycles. The second-order valence-electron chi connectivity index (χ2n) is 4.63. The van der Waals surface area contributed by atoms with Crippen LogP contribution in [0.3, 0.4) is 0 Å². The Kier molecular flexibility index (Phi) is 3.62. The summed E-state index contributed by atoms with van der Waals surface area (Å²) in [5.74, 6) is -1.25. The smallest absolute Gasteiger partial charge is 0.270 e. The molecule has 21 heavy (non-hydrogen) atoms. The maximum atomic E-state index is 13.0. The van der Waals surface area contributed by atoms with Crippen molar-refractivity contribution in [2.75, 3.05) is 0 Å². The van der Waals surface area contributed by atoms with Gasteiger partial charge in [-0.2, -0.15) is 0 Å². The summed E-state index contributed by atoms with van der Waals surface area (Å²) in [6.07, 6.45) is 1.73. The normalized spacial score (nSPS) is 17.7. The first kappa shape index (κ1) is 13.6. The van der Waals surface area contributed by atoms with Gasteiger partial charge in [0.2, 0.25) is 0 Å². The Bertz CT molecular complexity index is 736. The van der Waals surface area contributed by atoms with Gasteiger partial charge < -0.3 is 0 Å². The van der Waals surface area contributed by atoms with Crippen molar-refractivity contribution in [3.8, 4) is 0 Å². The Morgan fingerprint density at radius 1 is 0.952 bits per heavy atom. The van der Waals surface area contributed by atoms with E-state index >= 15 is 0 Å². The summed E-state index contributed by atoms with van der Waals surface area (Å²) < 4.78 is 13.0. The van der Waals surface area contributed by atoms with Crippen LogP contribution < -0.4 is 0 Å². The van der Waals surface area contributed by atoms with E-state index in [-0.39, 0.29) is 11.7 Å². The van der Waals surface area contributed by atoms with E-state index in [9.17, 15) is 9.18 Å². The van der Waals surface area contributed by atoms with Crippen LogP contribution in [-0.2, 0) is 4.79 Å². The van der Waals surface area contributed by atoms with Crippen LogP contribution in [0.5, 0.6) is 0 Å². The molecule has 104 valence electrons. The number of azo groups is 1. The van der Waals surface area contributed by atoms with E-state index in [1.165, 1.54) is 12.1 Å². The Morgan fingerprint density at radius 2 is 1.62 bits per heavy atom. The van der Waals surface area contributed by atoms with Crippen LogP contribution >= 0.6 is 11.6 Å². The van der Waals surface area contributed by atoms with Gasteiger partial charge in [-0.25, -0.2) is 4.39 Å². The van der Waals surface area contributed by atoms with Crippen molar-refractivity contribution in [2.24, 2.45) is 10.2 Å². The molecule has 0 saturated carbocycles. The second-order valence-corrected chi connectivity index (χ2v) is 5.06. The van der Waals surface area contributed by atoms with Crippen LogP contribution in [0.25, 0.3) is 5.70 Å². The lowest BCUT2D eigenvalue weighted by atomic mass is 9.95. The van der Waals surface area contributed by atoms with Crippen LogP contribution in [0.1, 0.15) is 17.0 Å². The Balaban J connectivity index is 1.97. The molecule has 3 nitrogen and oxygen atoms in total. The van der Waals surface area contributed by atoms with Crippen LogP contribution in [-0.4, -0.2) is 5.91 Å². The third-order valence-electron chi connectivity index (χ3n) is 3.22. The number of rotatable bonds is 2. The highest BCUT2D eigenvalue weighted by Gasteiger charge is 2.23. The quantitative estimate of drug-likeness (QED) is 0.799. The molecule has 1 atom stereocenters. The molecule has 1 aliphatic heterocycles. The van der Waals surface area contributed by atoms with E-state index in [2.05, 4.69) is 10.2 Å². The zero-order valence-corrected chi connectivity index (χ0v) is 11.6. The summed E-state index contributed by atoms with van der Waals surface area (Å²) in [7, 11) is 0. The van der Waals surface area contributed by atoms with Crippen LogP contribution in [0.15, 0.2) is 64.8 Å². The molecule has 0 aromatic heterocycles. The SMILES string of the molecule is O=C1N=NC(c2ccc(Cl)cc2)=CC1c1ccc(F)cc1. The van der Waals surface area contributed by atoms with Gasteiger partial charge in [-0.05, 0) is 35.9 Å². The molecule has 0 fully saturated rings. The Labute approximate surface area is 125 Å². The molecule has 5 heteroatoms. The lowest BCUT2D eigenvalue weighted by molar-refractivity contribution is -0.118. The maximum absolute atomic E-state index is 13.0. The van der Waals surface area contributed by atoms with Gasteiger partial charge in [-0.15, -0.1) is 10.2 Å². The van der Waals surface area contributed by atoms with Crippen molar-refractivity contribution >= 4 is 23.2 Å². The lowest BCUT2D eigenvalue weighted by Crippen LogP contribution is -2.11. The Hall–Kier alpha value is -2.33. The fraction of sp³-hybridized carbons (Fsp3) is 0.0625. The van der Waals surface area contributed by atoms with E-state index in [4.69, 9.17) is 11.6 Å². The summed E-state index contributed by atoms with van der Waals surface area (Å²) in [5.41, 5.74) is 2.11. The van der Waals surface area contributed by atoms with Crippen molar-refractivity contribution in [3.63, 3.8) is 0 Å². The molecular formula is C16H10ClFN2O. The number of carbonyl (C=O) groups excluding carboxylic acids is 1. The number of amides is 1. The average molecular weight is 301 g/mol. The van der Waals surface area contributed by atoms with Crippen molar-refractivity contribution in [2.45, 2.75) is 5.92 Å². The highest BCUT2D eigenvalue weighted by Crippen LogP contribution is 2.30. The standard InChI is InChI=1S/C16H10ClFN2O/c17-12-5-1-11(2-6-12)15-9-14(16(21)20-19-15)10-3-7-13(18)8-4-10/h1-9,14H. The fourth-order valence-electron chi connectivity index (χ4n) is 2.11. The molecule has 3 rings (SSSR count). The average Bonchev–Trinajstić information content (AvgIpc) is 2.50. The van der Waals surface area contributed by atoms with E-state index < -0.39 is 5.92 Å². The van der Waals surface area contributed by atoms with Crippen LogP contribution in [0, 0.1) is 5.82 Å². The molecular weight excluding hydrogens is 291 g/mol. The van der Waals surface area contributed by atoms with E-state index in [0.29, 0.717) is 16.3 Å². The highest BCUT2D eigenvalue weighted by atomic mass is 35.5. The minimum atomic E-state index is -0.547. The first-order valence-corrected chi connectivity index (χ1v) is 6.70. The van der Waals surface area contributed by atoms with E-state index in [1.807, 2.05) is 12.1 Å². The summed E-state index contributed by atoms with van der Waals surface area (Å²) in [5, 5.41) is 8.23. The van der Waals surface area contributed by atoms with Crippen LogP contribution in [0.2, 0.25) is 5.02 Å². The molecule has 0 bridgehead atoms. The fourth-order valence-corrected chi connectivity index (χ4v) is 2.24. The minimum Gasteiger partial charge on any atom is -0.270 e. The van der Waals surface area contributed by atoms with Crippen molar-refractivity contribution < 1.29 is 9.18 Å². The van der Waals surface area contributed by atoms with E-state index in [0.717, 1.165) is 5.56 Å². The first-order valence-electron chi connectivity index (χ1n) is 6.32. The third-order valence-corrected chi connectivity index (χ3v) is 3.47. The zero-order valence-electron chi connectivity index (χ0n) is 10.8. The van der Waals surface area contributed by atoms with Gasteiger partial charge in [0.1, 0.15) is 5.82 Å². The molecule has 2 aromatic carbocycles. The first-order chi connectivity index (χ1) is 10.1. The minimum absolute atomic E-state index is 0.342. The summed E-state index contributed by atoms with van der Waals surface area (Å²) in [6.45, 7) is 0.